The molecule has 158 valence electrons. The van der Waals surface area contributed by atoms with E-state index in [-0.39, 0.29) is 17.8 Å². The average Bonchev–Trinajstić information content (AvgIpc) is 3.42. The minimum atomic E-state index is -0.251. The third kappa shape index (κ3) is 5.17. The molecule has 0 N–H and O–H groups in total. The molecular weight excluding hydrogens is 439 g/mol. The van der Waals surface area contributed by atoms with Crippen LogP contribution >= 0.6 is 34.9 Å². The molecule has 4 nitrogen and oxygen atoms in total. The summed E-state index contributed by atoms with van der Waals surface area (Å²) in [5.41, 5.74) is 0.954. The molecule has 8 heteroatoms. The summed E-state index contributed by atoms with van der Waals surface area (Å²) in [6, 6.07) is 12.5. The molecule has 1 saturated heterocycles. The van der Waals surface area contributed by atoms with Gasteiger partial charge < -0.3 is 4.74 Å². The van der Waals surface area contributed by atoms with Gasteiger partial charge in [0.15, 0.2) is 5.13 Å². The van der Waals surface area contributed by atoms with Gasteiger partial charge in [-0.1, -0.05) is 17.4 Å². The second-order valence-electron chi connectivity index (χ2n) is 7.00. The lowest BCUT2D eigenvalue weighted by atomic mass is 10.2. The molecule has 1 atom stereocenters. The summed E-state index contributed by atoms with van der Waals surface area (Å²) in [4.78, 5) is 21.9. The van der Waals surface area contributed by atoms with Crippen LogP contribution in [-0.4, -0.2) is 42.2 Å². The SMILES string of the molecule is CSc1cccc2sc(N(CC3CCCO3)C(=O)CCSc3ccc(F)cc3)nc12. The number of halogens is 1. The fourth-order valence-corrected chi connectivity index (χ4v) is 5.88. The molecule has 1 aliphatic rings. The summed E-state index contributed by atoms with van der Waals surface area (Å²) < 4.78 is 20.0. The van der Waals surface area contributed by atoms with Gasteiger partial charge in [-0.25, -0.2) is 9.37 Å². The van der Waals surface area contributed by atoms with Crippen molar-refractivity contribution in [3.8, 4) is 0 Å². The Bertz CT molecular complexity index is 1000. The number of thioether (sulfide) groups is 2. The zero-order valence-electron chi connectivity index (χ0n) is 16.7. The Balaban J connectivity index is 1.50. The van der Waals surface area contributed by atoms with E-state index in [4.69, 9.17) is 9.72 Å². The molecule has 30 heavy (non-hydrogen) atoms. The summed E-state index contributed by atoms with van der Waals surface area (Å²) in [5, 5.41) is 0.735. The minimum Gasteiger partial charge on any atom is -0.376 e. The van der Waals surface area contributed by atoms with Crippen LogP contribution in [0.15, 0.2) is 52.3 Å². The van der Waals surface area contributed by atoms with E-state index in [1.807, 2.05) is 12.3 Å². The van der Waals surface area contributed by atoms with E-state index in [9.17, 15) is 9.18 Å². The van der Waals surface area contributed by atoms with Crippen molar-refractivity contribution in [2.75, 3.05) is 30.1 Å². The quantitative estimate of drug-likeness (QED) is 0.393. The summed E-state index contributed by atoms with van der Waals surface area (Å²) in [6.07, 6.45) is 4.49. The van der Waals surface area contributed by atoms with Gasteiger partial charge in [-0.2, -0.15) is 0 Å². The molecule has 0 bridgehead atoms. The molecule has 0 radical (unpaired) electrons. The lowest BCUT2D eigenvalue weighted by molar-refractivity contribution is -0.118. The van der Waals surface area contributed by atoms with E-state index in [1.54, 1.807) is 51.9 Å². The smallest absolute Gasteiger partial charge is 0.229 e. The van der Waals surface area contributed by atoms with Crippen molar-refractivity contribution in [2.24, 2.45) is 0 Å². The highest BCUT2D eigenvalue weighted by Gasteiger charge is 2.26. The second-order valence-corrected chi connectivity index (χ2v) is 10.0. The maximum atomic E-state index is 13.2. The Morgan fingerprint density at radius 3 is 2.87 bits per heavy atom. The van der Waals surface area contributed by atoms with Gasteiger partial charge >= 0.3 is 0 Å². The lowest BCUT2D eigenvalue weighted by Gasteiger charge is -2.23. The number of rotatable bonds is 8. The molecule has 1 aromatic heterocycles. The first-order chi connectivity index (χ1) is 14.6. The highest BCUT2D eigenvalue weighted by molar-refractivity contribution is 7.99. The maximum absolute atomic E-state index is 13.2. The maximum Gasteiger partial charge on any atom is 0.229 e. The van der Waals surface area contributed by atoms with Crippen molar-refractivity contribution in [3.63, 3.8) is 0 Å². The fourth-order valence-electron chi connectivity index (χ4n) is 3.39. The highest BCUT2D eigenvalue weighted by Crippen LogP contribution is 2.35. The van der Waals surface area contributed by atoms with Crippen LogP contribution in [0.25, 0.3) is 10.2 Å². The lowest BCUT2D eigenvalue weighted by Crippen LogP contribution is -2.37. The summed E-state index contributed by atoms with van der Waals surface area (Å²) >= 11 is 4.78. The van der Waals surface area contributed by atoms with Crippen LogP contribution in [0.4, 0.5) is 9.52 Å². The first kappa shape index (κ1) is 21.6. The van der Waals surface area contributed by atoms with Crippen LogP contribution in [0.3, 0.4) is 0 Å². The van der Waals surface area contributed by atoms with E-state index in [1.165, 1.54) is 12.1 Å². The molecule has 0 spiro atoms. The largest absolute Gasteiger partial charge is 0.376 e. The minimum absolute atomic E-state index is 0.0462. The van der Waals surface area contributed by atoms with Crippen LogP contribution in [0.1, 0.15) is 19.3 Å². The molecule has 4 rings (SSSR count). The third-order valence-electron chi connectivity index (χ3n) is 4.93. The first-order valence-electron chi connectivity index (χ1n) is 9.88. The number of amides is 1. The summed E-state index contributed by atoms with van der Waals surface area (Å²) in [7, 11) is 0. The number of ether oxygens (including phenoxy) is 1. The fraction of sp³-hybridized carbons (Fsp3) is 0.364. The zero-order valence-corrected chi connectivity index (χ0v) is 19.1. The third-order valence-corrected chi connectivity index (χ3v) is 7.76. The van der Waals surface area contributed by atoms with Gasteiger partial charge in [-0.05, 0) is 55.5 Å². The molecular formula is C22H23FN2O2S3. The first-order valence-corrected chi connectivity index (χ1v) is 12.9. The van der Waals surface area contributed by atoms with Gasteiger partial charge in [0, 0.05) is 28.6 Å². The summed E-state index contributed by atoms with van der Waals surface area (Å²) in [5.74, 6) is 0.427. The second kappa shape index (κ2) is 10.1. The molecule has 1 aliphatic heterocycles. The predicted octanol–water partition coefficient (Wildman–Crippen LogP) is 5.85. The van der Waals surface area contributed by atoms with Crippen LogP contribution in [-0.2, 0) is 9.53 Å². The van der Waals surface area contributed by atoms with Crippen LogP contribution < -0.4 is 4.90 Å². The van der Waals surface area contributed by atoms with Crippen molar-refractivity contribution >= 4 is 56.1 Å². The van der Waals surface area contributed by atoms with Gasteiger partial charge in [-0.3, -0.25) is 9.69 Å². The standard InChI is InChI=1S/C22H23FN2O2S3/c1-28-18-5-2-6-19-21(18)24-22(30-19)25(14-16-4-3-12-27-16)20(26)11-13-29-17-9-7-15(23)8-10-17/h2,5-10,16H,3-4,11-14H2,1H3. The average molecular weight is 463 g/mol. The number of para-hydroxylation sites is 1. The number of aromatic nitrogens is 1. The van der Waals surface area contributed by atoms with Crippen molar-refractivity contribution in [1.82, 2.24) is 4.98 Å². The number of carbonyl (C=O) groups is 1. The molecule has 1 unspecified atom stereocenters. The highest BCUT2D eigenvalue weighted by atomic mass is 32.2. The van der Waals surface area contributed by atoms with Gasteiger partial charge in [0.1, 0.15) is 5.82 Å². The molecule has 2 aromatic carbocycles. The van der Waals surface area contributed by atoms with E-state index in [0.717, 1.165) is 44.6 Å². The number of hydrogen-bond donors (Lipinski definition) is 0. The molecule has 2 heterocycles. The number of anilines is 1. The van der Waals surface area contributed by atoms with Gasteiger partial charge in [0.05, 0.1) is 22.9 Å². The number of fused-ring (bicyclic) bond motifs is 1. The van der Waals surface area contributed by atoms with E-state index in [2.05, 4.69) is 12.1 Å². The van der Waals surface area contributed by atoms with E-state index in [0.29, 0.717) is 18.7 Å². The Labute approximate surface area is 188 Å². The number of thiazole rings is 1. The summed E-state index contributed by atoms with van der Waals surface area (Å²) in [6.45, 7) is 1.29. The van der Waals surface area contributed by atoms with Crippen molar-refractivity contribution in [1.29, 1.82) is 0 Å². The van der Waals surface area contributed by atoms with Gasteiger partial charge in [-0.15, -0.1) is 23.5 Å². The molecule has 3 aromatic rings. The molecule has 0 aliphatic carbocycles. The van der Waals surface area contributed by atoms with E-state index >= 15 is 0 Å². The number of benzene rings is 2. The Morgan fingerprint density at radius 2 is 2.13 bits per heavy atom. The van der Waals surface area contributed by atoms with Crippen LogP contribution in [0.5, 0.6) is 0 Å². The van der Waals surface area contributed by atoms with Gasteiger partial charge in [0.2, 0.25) is 5.91 Å². The molecule has 1 amide bonds. The molecule has 0 saturated carbocycles. The number of nitrogens with zero attached hydrogens (tertiary/aromatic N) is 2. The van der Waals surface area contributed by atoms with Crippen molar-refractivity contribution in [2.45, 2.75) is 35.2 Å². The zero-order chi connectivity index (χ0) is 20.9. The van der Waals surface area contributed by atoms with Crippen molar-refractivity contribution < 1.29 is 13.9 Å². The Morgan fingerprint density at radius 1 is 1.30 bits per heavy atom. The predicted molar refractivity (Wildman–Crippen MR) is 124 cm³/mol. The number of carbonyl (C=O) groups excluding carboxylic acids is 1. The number of hydrogen-bond acceptors (Lipinski definition) is 6. The topological polar surface area (TPSA) is 42.4 Å². The Kier molecular flexibility index (Phi) is 7.30. The Hall–Kier alpha value is -1.61. The van der Waals surface area contributed by atoms with Crippen LogP contribution in [0, 0.1) is 5.82 Å². The van der Waals surface area contributed by atoms with Crippen molar-refractivity contribution in [3.05, 3.63) is 48.3 Å². The van der Waals surface area contributed by atoms with E-state index < -0.39 is 0 Å². The molecule has 1 fully saturated rings. The monoisotopic (exact) mass is 462 g/mol. The van der Waals surface area contributed by atoms with Crippen LogP contribution in [0.2, 0.25) is 0 Å². The normalized spacial score (nSPS) is 16.3. The van der Waals surface area contributed by atoms with Gasteiger partial charge in [0.25, 0.3) is 0 Å².